The van der Waals surface area contributed by atoms with E-state index in [1.54, 1.807) is 6.07 Å². The molecule has 19 heavy (non-hydrogen) atoms. The highest BCUT2D eigenvalue weighted by atomic mass is 16.3. The van der Waals surface area contributed by atoms with E-state index in [4.69, 9.17) is 4.42 Å². The highest BCUT2D eigenvalue weighted by Crippen LogP contribution is 2.23. The first-order valence-electron chi connectivity index (χ1n) is 7.03. The number of fused-ring (bicyclic) bond motifs is 1. The molecule has 1 aliphatic carbocycles. The number of hydrogen-bond donors (Lipinski definition) is 0. The maximum Gasteiger partial charge on any atom is 0.228 e. The second-order valence-electron chi connectivity index (χ2n) is 5.14. The van der Waals surface area contributed by atoms with Crippen LogP contribution in [0.2, 0.25) is 0 Å². The quantitative estimate of drug-likeness (QED) is 0.776. The van der Waals surface area contributed by atoms with Crippen molar-refractivity contribution in [1.29, 1.82) is 0 Å². The van der Waals surface area contributed by atoms with E-state index in [0.29, 0.717) is 5.76 Å². The molecule has 2 heteroatoms. The molecule has 0 aliphatic heterocycles. The van der Waals surface area contributed by atoms with E-state index in [-0.39, 0.29) is 5.78 Å². The molecule has 0 fully saturated rings. The molecular formula is C17H18O2. The fraction of sp³-hybridized carbons (Fsp3) is 0.353. The predicted molar refractivity (Wildman–Crippen MR) is 74.6 cm³/mol. The molecule has 0 radical (unpaired) electrons. The Kier molecular flexibility index (Phi) is 3.24. The van der Waals surface area contributed by atoms with Gasteiger partial charge in [-0.15, -0.1) is 0 Å². The minimum atomic E-state index is -0.00641. The number of hydrogen-bond acceptors (Lipinski definition) is 2. The van der Waals surface area contributed by atoms with Gasteiger partial charge in [-0.2, -0.15) is 0 Å². The lowest BCUT2D eigenvalue weighted by molar-refractivity contribution is 0.101. The zero-order valence-electron chi connectivity index (χ0n) is 11.2. The first-order chi connectivity index (χ1) is 9.28. The van der Waals surface area contributed by atoms with Gasteiger partial charge >= 0.3 is 0 Å². The fourth-order valence-corrected chi connectivity index (χ4v) is 2.71. The van der Waals surface area contributed by atoms with Crippen molar-refractivity contribution < 1.29 is 9.21 Å². The van der Waals surface area contributed by atoms with Crippen LogP contribution in [0.4, 0.5) is 0 Å². The van der Waals surface area contributed by atoms with Crippen LogP contribution >= 0.6 is 0 Å². The van der Waals surface area contributed by atoms with Crippen LogP contribution in [0.3, 0.4) is 0 Å². The van der Waals surface area contributed by atoms with Crippen molar-refractivity contribution in [3.8, 4) is 0 Å². The number of ketones is 1. The van der Waals surface area contributed by atoms with Gasteiger partial charge in [0.2, 0.25) is 5.78 Å². The van der Waals surface area contributed by atoms with Crippen LogP contribution in [0.1, 0.15) is 52.8 Å². The Hall–Kier alpha value is -1.83. The summed E-state index contributed by atoms with van der Waals surface area (Å²) in [5, 5.41) is 0. The van der Waals surface area contributed by atoms with Crippen LogP contribution in [0.25, 0.3) is 0 Å². The molecule has 3 rings (SSSR count). The highest BCUT2D eigenvalue weighted by Gasteiger charge is 2.16. The zero-order chi connectivity index (χ0) is 13.2. The molecule has 98 valence electrons. The van der Waals surface area contributed by atoms with Crippen LogP contribution in [-0.4, -0.2) is 5.78 Å². The lowest BCUT2D eigenvalue weighted by Gasteiger charge is -2.15. The van der Waals surface area contributed by atoms with E-state index in [1.807, 2.05) is 25.1 Å². The van der Waals surface area contributed by atoms with Crippen molar-refractivity contribution in [1.82, 2.24) is 0 Å². The van der Waals surface area contributed by atoms with Crippen LogP contribution in [-0.2, 0) is 19.3 Å². The van der Waals surface area contributed by atoms with Gasteiger partial charge in [0.05, 0.1) is 0 Å². The molecule has 1 heterocycles. The molecule has 0 amide bonds. The Morgan fingerprint density at radius 2 is 1.89 bits per heavy atom. The van der Waals surface area contributed by atoms with Gasteiger partial charge < -0.3 is 4.42 Å². The van der Waals surface area contributed by atoms with Gasteiger partial charge in [-0.1, -0.05) is 19.1 Å². The topological polar surface area (TPSA) is 30.2 Å². The average molecular weight is 254 g/mol. The minimum absolute atomic E-state index is 0.00641. The second-order valence-corrected chi connectivity index (χ2v) is 5.14. The first-order valence-corrected chi connectivity index (χ1v) is 7.03. The van der Waals surface area contributed by atoms with Gasteiger partial charge in [-0.05, 0) is 55.0 Å². The molecule has 1 aliphatic rings. The molecule has 2 aromatic rings. The summed E-state index contributed by atoms with van der Waals surface area (Å²) in [6, 6.07) is 9.74. The lowest BCUT2D eigenvalue weighted by atomic mass is 9.89. The molecule has 0 atom stereocenters. The number of carbonyl (C=O) groups excluding carboxylic acids is 1. The number of furan rings is 1. The Labute approximate surface area is 113 Å². The number of benzene rings is 1. The molecule has 0 saturated heterocycles. The molecule has 0 bridgehead atoms. The van der Waals surface area contributed by atoms with Crippen molar-refractivity contribution in [2.45, 2.75) is 39.0 Å². The summed E-state index contributed by atoms with van der Waals surface area (Å²) in [7, 11) is 0. The maximum absolute atomic E-state index is 12.4. The number of aryl methyl sites for hydroxylation is 3. The van der Waals surface area contributed by atoms with Crippen LogP contribution in [0.5, 0.6) is 0 Å². The summed E-state index contributed by atoms with van der Waals surface area (Å²) in [6.45, 7) is 2.02. The van der Waals surface area contributed by atoms with Crippen molar-refractivity contribution >= 4 is 5.78 Å². The predicted octanol–water partition coefficient (Wildman–Crippen LogP) is 3.95. The summed E-state index contributed by atoms with van der Waals surface area (Å²) in [5.74, 6) is 1.31. The smallest absolute Gasteiger partial charge is 0.228 e. The lowest BCUT2D eigenvalue weighted by Crippen LogP contribution is -2.06. The third-order valence-electron chi connectivity index (χ3n) is 3.84. The standard InChI is InChI=1S/C17H18O2/c1-2-15-9-10-16(19-15)17(18)14-8-7-12-5-3-4-6-13(12)11-14/h7-11H,2-6H2,1H3. The maximum atomic E-state index is 12.4. The van der Waals surface area contributed by atoms with Crippen LogP contribution in [0, 0.1) is 0 Å². The van der Waals surface area contributed by atoms with E-state index >= 15 is 0 Å². The summed E-state index contributed by atoms with van der Waals surface area (Å²) >= 11 is 0. The van der Waals surface area contributed by atoms with Crippen molar-refractivity contribution in [3.05, 3.63) is 58.5 Å². The molecule has 1 aromatic heterocycles. The van der Waals surface area contributed by atoms with E-state index in [1.165, 1.54) is 24.0 Å². The van der Waals surface area contributed by atoms with Crippen molar-refractivity contribution in [3.63, 3.8) is 0 Å². The average Bonchev–Trinajstić information content (AvgIpc) is 2.95. The fourth-order valence-electron chi connectivity index (χ4n) is 2.71. The molecule has 0 unspecified atom stereocenters. The summed E-state index contributed by atoms with van der Waals surface area (Å²) in [5.41, 5.74) is 3.48. The van der Waals surface area contributed by atoms with Gasteiger partial charge in [0.1, 0.15) is 5.76 Å². The third-order valence-corrected chi connectivity index (χ3v) is 3.84. The van der Waals surface area contributed by atoms with Gasteiger partial charge in [-0.25, -0.2) is 0 Å². The van der Waals surface area contributed by atoms with Gasteiger partial charge in [0.15, 0.2) is 5.76 Å². The highest BCUT2D eigenvalue weighted by molar-refractivity contribution is 6.07. The molecule has 0 spiro atoms. The monoisotopic (exact) mass is 254 g/mol. The Bertz CT molecular complexity index is 607. The third kappa shape index (κ3) is 2.35. The largest absolute Gasteiger partial charge is 0.458 e. The van der Waals surface area contributed by atoms with Crippen LogP contribution in [0.15, 0.2) is 34.7 Å². The van der Waals surface area contributed by atoms with Crippen molar-refractivity contribution in [2.75, 3.05) is 0 Å². The molecule has 0 N–H and O–H groups in total. The Balaban J connectivity index is 1.91. The summed E-state index contributed by atoms with van der Waals surface area (Å²) in [4.78, 5) is 12.4. The second kappa shape index (κ2) is 5.04. The SMILES string of the molecule is CCc1ccc(C(=O)c2ccc3c(c2)CCCC3)o1. The van der Waals surface area contributed by atoms with Crippen molar-refractivity contribution in [2.24, 2.45) is 0 Å². The molecule has 0 saturated carbocycles. The van der Waals surface area contributed by atoms with Gasteiger partial charge in [0.25, 0.3) is 0 Å². The van der Waals surface area contributed by atoms with E-state index in [2.05, 4.69) is 6.07 Å². The first kappa shape index (κ1) is 12.2. The normalized spacial score (nSPS) is 14.2. The van der Waals surface area contributed by atoms with Gasteiger partial charge in [-0.3, -0.25) is 4.79 Å². The van der Waals surface area contributed by atoms with Gasteiger partial charge in [0, 0.05) is 12.0 Å². The van der Waals surface area contributed by atoms with Crippen LogP contribution < -0.4 is 0 Å². The Morgan fingerprint density at radius 3 is 2.63 bits per heavy atom. The molecule has 2 nitrogen and oxygen atoms in total. The van der Waals surface area contributed by atoms with E-state index in [9.17, 15) is 4.79 Å². The zero-order valence-corrected chi connectivity index (χ0v) is 11.2. The summed E-state index contributed by atoms with van der Waals surface area (Å²) < 4.78 is 5.54. The molecule has 1 aromatic carbocycles. The minimum Gasteiger partial charge on any atom is -0.458 e. The van der Waals surface area contributed by atoms with E-state index in [0.717, 1.165) is 30.6 Å². The Morgan fingerprint density at radius 1 is 1.11 bits per heavy atom. The molecular weight excluding hydrogens is 236 g/mol. The number of rotatable bonds is 3. The van der Waals surface area contributed by atoms with E-state index < -0.39 is 0 Å². The summed E-state index contributed by atoms with van der Waals surface area (Å²) in [6.07, 6.45) is 5.54. The number of carbonyl (C=O) groups is 1.